The van der Waals surface area contributed by atoms with Gasteiger partial charge in [-0.05, 0) is 41.7 Å². The summed E-state index contributed by atoms with van der Waals surface area (Å²) in [6, 6.07) is 6.96. The Bertz CT molecular complexity index is 510. The molecule has 3 atom stereocenters. The summed E-state index contributed by atoms with van der Waals surface area (Å²) in [5.74, 6) is 2.09. The van der Waals surface area contributed by atoms with E-state index < -0.39 is 0 Å². The Hall–Kier alpha value is -0.250. The average molecular weight is 383 g/mol. The Morgan fingerprint density at radius 3 is 2.75 bits per heavy atom. The summed E-state index contributed by atoms with van der Waals surface area (Å²) in [5.41, 5.74) is 4.64. The van der Waals surface area contributed by atoms with E-state index >= 15 is 0 Å². The van der Waals surface area contributed by atoms with E-state index in [1.54, 1.807) is 5.56 Å². The highest BCUT2D eigenvalue weighted by Crippen LogP contribution is 2.57. The van der Waals surface area contributed by atoms with E-state index in [9.17, 15) is 0 Å². The van der Waals surface area contributed by atoms with Gasteiger partial charge in [0.2, 0.25) is 0 Å². The maximum absolute atomic E-state index is 2.77. The van der Waals surface area contributed by atoms with E-state index in [4.69, 9.17) is 0 Å². The summed E-state index contributed by atoms with van der Waals surface area (Å²) in [5, 5.41) is 0. The van der Waals surface area contributed by atoms with Gasteiger partial charge >= 0.3 is 0 Å². The second kappa shape index (κ2) is 5.19. The van der Waals surface area contributed by atoms with Gasteiger partial charge in [-0.25, -0.2) is 0 Å². The number of benzene rings is 1. The first-order valence-corrected chi connectivity index (χ1v) is 9.10. The lowest BCUT2D eigenvalue weighted by Gasteiger charge is -2.54. The van der Waals surface area contributed by atoms with Gasteiger partial charge in [0.05, 0.1) is 3.55 Å². The van der Waals surface area contributed by atoms with Crippen molar-refractivity contribution in [2.45, 2.75) is 61.8 Å². The highest BCUT2D eigenvalue weighted by atomic mass is 127. The molecule has 1 aliphatic heterocycles. The van der Waals surface area contributed by atoms with Crippen LogP contribution >= 0.6 is 22.6 Å². The van der Waals surface area contributed by atoms with Crippen molar-refractivity contribution in [1.29, 1.82) is 0 Å². The largest absolute Gasteiger partial charge is 0.359 e. The van der Waals surface area contributed by atoms with Crippen LogP contribution in [-0.2, 0) is 0 Å². The van der Waals surface area contributed by atoms with Crippen LogP contribution in [0.25, 0.3) is 0 Å². The van der Waals surface area contributed by atoms with Crippen LogP contribution in [0.1, 0.15) is 69.4 Å². The van der Waals surface area contributed by atoms with Crippen LogP contribution in [0.5, 0.6) is 0 Å². The molecule has 0 aromatic heterocycles. The maximum atomic E-state index is 2.77. The Balaban J connectivity index is 2.18. The Kier molecular flexibility index (Phi) is 3.81. The van der Waals surface area contributed by atoms with Gasteiger partial charge < -0.3 is 4.90 Å². The lowest BCUT2D eigenvalue weighted by atomic mass is 9.70. The molecule has 2 aliphatic rings. The minimum Gasteiger partial charge on any atom is -0.359 e. The van der Waals surface area contributed by atoms with Crippen molar-refractivity contribution in [2.24, 2.45) is 5.92 Å². The number of anilines is 1. The number of rotatable bonds is 1. The molecule has 20 heavy (non-hydrogen) atoms. The van der Waals surface area contributed by atoms with Gasteiger partial charge in [-0.15, -0.1) is 0 Å². The van der Waals surface area contributed by atoms with Crippen LogP contribution < -0.4 is 4.90 Å². The van der Waals surface area contributed by atoms with Crippen molar-refractivity contribution < 1.29 is 0 Å². The average Bonchev–Trinajstić information content (AvgIpc) is 2.44. The molecule has 0 N–H and O–H groups in total. The van der Waals surface area contributed by atoms with Crippen LogP contribution in [0, 0.1) is 5.92 Å². The quantitative estimate of drug-likeness (QED) is 0.342. The molecule has 1 heterocycles. The Labute approximate surface area is 137 Å². The molecule has 1 aromatic rings. The second-order valence-corrected chi connectivity index (χ2v) is 8.83. The number of nitrogens with zero attached hydrogens (tertiary/aromatic N) is 1. The van der Waals surface area contributed by atoms with Crippen molar-refractivity contribution in [3.63, 3.8) is 0 Å². The van der Waals surface area contributed by atoms with Gasteiger partial charge in [0.25, 0.3) is 0 Å². The third kappa shape index (κ3) is 2.01. The standard InChI is InChI=1S/C18H26IN/c1-12(2)14-8-7-9-15-13(3)16-10-5-6-11-18(16,19)20(4)17(14)15/h7-9,12-13,16H,5-6,10-11H2,1-4H3. The molecular formula is C18H26IN. The lowest BCUT2D eigenvalue weighted by molar-refractivity contribution is 0.239. The van der Waals surface area contributed by atoms with Gasteiger partial charge in [0.15, 0.2) is 0 Å². The summed E-state index contributed by atoms with van der Waals surface area (Å²) in [6.45, 7) is 7.10. The van der Waals surface area contributed by atoms with Crippen LogP contribution in [0.2, 0.25) is 0 Å². The third-order valence-electron chi connectivity index (χ3n) is 5.57. The monoisotopic (exact) mass is 383 g/mol. The highest BCUT2D eigenvalue weighted by Gasteiger charge is 2.49. The van der Waals surface area contributed by atoms with Gasteiger partial charge in [-0.3, -0.25) is 0 Å². The number of hydrogen-bond acceptors (Lipinski definition) is 1. The van der Waals surface area contributed by atoms with Gasteiger partial charge in [-0.2, -0.15) is 0 Å². The first kappa shape index (κ1) is 14.7. The first-order chi connectivity index (χ1) is 9.47. The van der Waals surface area contributed by atoms with Gasteiger partial charge in [0, 0.05) is 12.7 Å². The van der Waals surface area contributed by atoms with E-state index in [1.165, 1.54) is 36.9 Å². The first-order valence-electron chi connectivity index (χ1n) is 8.02. The predicted octanol–water partition coefficient (Wildman–Crippen LogP) is 5.68. The molecule has 1 fully saturated rings. The molecule has 3 rings (SSSR count). The minimum atomic E-state index is 0.327. The molecule has 0 radical (unpaired) electrons. The molecule has 0 amide bonds. The zero-order valence-electron chi connectivity index (χ0n) is 13.1. The number of halogens is 1. The molecule has 0 saturated heterocycles. The molecule has 1 nitrogen and oxygen atoms in total. The summed E-state index contributed by atoms with van der Waals surface area (Å²) in [7, 11) is 2.33. The van der Waals surface area contributed by atoms with E-state index in [0.717, 1.165) is 5.92 Å². The number of hydrogen-bond donors (Lipinski definition) is 0. The van der Waals surface area contributed by atoms with Crippen molar-refractivity contribution in [2.75, 3.05) is 11.9 Å². The van der Waals surface area contributed by atoms with E-state index in [1.807, 2.05) is 0 Å². The van der Waals surface area contributed by atoms with Crippen LogP contribution in [-0.4, -0.2) is 10.6 Å². The fourth-order valence-corrected chi connectivity index (χ4v) is 5.87. The Morgan fingerprint density at radius 2 is 2.05 bits per heavy atom. The smallest absolute Gasteiger partial charge is 0.0948 e. The zero-order valence-corrected chi connectivity index (χ0v) is 15.3. The summed E-state index contributed by atoms with van der Waals surface area (Å²) < 4.78 is 0.327. The predicted molar refractivity (Wildman–Crippen MR) is 96.1 cm³/mol. The second-order valence-electron chi connectivity index (χ2n) is 6.96. The van der Waals surface area contributed by atoms with Crippen molar-refractivity contribution >= 4 is 28.3 Å². The highest BCUT2D eigenvalue weighted by molar-refractivity contribution is 14.1. The topological polar surface area (TPSA) is 3.24 Å². The van der Waals surface area contributed by atoms with Crippen molar-refractivity contribution in [1.82, 2.24) is 0 Å². The van der Waals surface area contributed by atoms with Crippen LogP contribution in [0.3, 0.4) is 0 Å². The molecule has 1 saturated carbocycles. The van der Waals surface area contributed by atoms with Gasteiger partial charge in [-0.1, -0.05) is 74.4 Å². The molecule has 0 spiro atoms. The summed E-state index contributed by atoms with van der Waals surface area (Å²) >= 11 is 2.77. The van der Waals surface area contributed by atoms with Crippen molar-refractivity contribution in [3.8, 4) is 0 Å². The molecule has 0 bridgehead atoms. The number of fused-ring (bicyclic) bond motifs is 2. The molecule has 3 unspecified atom stereocenters. The van der Waals surface area contributed by atoms with E-state index in [-0.39, 0.29) is 0 Å². The molecule has 110 valence electrons. The number of para-hydroxylation sites is 1. The Morgan fingerprint density at radius 1 is 1.30 bits per heavy atom. The zero-order chi connectivity index (χ0) is 14.5. The molecule has 2 heteroatoms. The third-order valence-corrected chi connectivity index (χ3v) is 7.63. The van der Waals surface area contributed by atoms with Crippen LogP contribution in [0.15, 0.2) is 18.2 Å². The van der Waals surface area contributed by atoms with Gasteiger partial charge in [0.1, 0.15) is 0 Å². The maximum Gasteiger partial charge on any atom is 0.0948 e. The van der Waals surface area contributed by atoms with Crippen molar-refractivity contribution in [3.05, 3.63) is 29.3 Å². The summed E-state index contributed by atoms with van der Waals surface area (Å²) in [4.78, 5) is 2.63. The van der Waals surface area contributed by atoms with E-state index in [0.29, 0.717) is 15.4 Å². The molecule has 1 aliphatic carbocycles. The molecular weight excluding hydrogens is 357 g/mol. The SMILES string of the molecule is CC(C)c1cccc2c1N(C)C1(I)CCCCC1C2C. The number of alkyl halides is 1. The molecule has 1 aromatic carbocycles. The fraction of sp³-hybridized carbons (Fsp3) is 0.667. The van der Waals surface area contributed by atoms with Crippen LogP contribution in [0.4, 0.5) is 5.69 Å². The minimum absolute atomic E-state index is 0.327. The fourth-order valence-electron chi connectivity index (χ4n) is 4.40. The van der Waals surface area contributed by atoms with E-state index in [2.05, 4.69) is 73.5 Å². The lowest BCUT2D eigenvalue weighted by Crippen LogP contribution is -2.54. The normalized spacial score (nSPS) is 33.0. The summed E-state index contributed by atoms with van der Waals surface area (Å²) in [6.07, 6.45) is 5.52.